The molecule has 0 aromatic carbocycles. The molecule has 0 amide bonds. The highest BCUT2D eigenvalue weighted by Gasteiger charge is 2.23. The third kappa shape index (κ3) is 8.32. The van der Waals surface area contributed by atoms with Gasteiger partial charge in [0.1, 0.15) is 5.78 Å². The normalized spacial score (nSPS) is 13.8. The molecular weight excluding hydrogens is 264 g/mol. The number of ketones is 1. The number of halogens is 1. The average Bonchev–Trinajstić information content (AvgIpc) is 2.16. The number of carbonyl (C=O) groups excluding carboxylic acids is 1. The molecule has 96 valence electrons. The second-order valence-electron chi connectivity index (χ2n) is 5.68. The van der Waals surface area contributed by atoms with E-state index in [1.807, 2.05) is 20.8 Å². The summed E-state index contributed by atoms with van der Waals surface area (Å²) >= 11 is 3.62. The van der Waals surface area contributed by atoms with Crippen LogP contribution in [0.4, 0.5) is 0 Å². The van der Waals surface area contributed by atoms with Gasteiger partial charge in [-0.15, -0.1) is 0 Å². The maximum Gasteiger partial charge on any atom is 0.139 e. The standard InChI is InChI=1S/C14H27BrO/c1-5-6-7-8-9-10-12(15)11-13(16)14(2,3)4/h12H,5-11H2,1-4H3. The summed E-state index contributed by atoms with van der Waals surface area (Å²) in [6.07, 6.45) is 8.33. The molecule has 0 spiro atoms. The van der Waals surface area contributed by atoms with Crippen LogP contribution in [0, 0.1) is 5.41 Å². The lowest BCUT2D eigenvalue weighted by Gasteiger charge is -2.18. The van der Waals surface area contributed by atoms with Gasteiger partial charge in [0.25, 0.3) is 0 Å². The predicted molar refractivity (Wildman–Crippen MR) is 75.2 cm³/mol. The van der Waals surface area contributed by atoms with E-state index in [9.17, 15) is 4.79 Å². The summed E-state index contributed by atoms with van der Waals surface area (Å²) in [5.74, 6) is 0.364. The van der Waals surface area contributed by atoms with Crippen LogP contribution in [0.2, 0.25) is 0 Å². The van der Waals surface area contributed by atoms with Crippen molar-refractivity contribution in [2.24, 2.45) is 5.41 Å². The van der Waals surface area contributed by atoms with Gasteiger partial charge in [-0.1, -0.05) is 75.7 Å². The topological polar surface area (TPSA) is 17.1 Å². The molecule has 0 aliphatic rings. The molecule has 0 N–H and O–H groups in total. The van der Waals surface area contributed by atoms with Crippen LogP contribution >= 0.6 is 15.9 Å². The summed E-state index contributed by atoms with van der Waals surface area (Å²) in [7, 11) is 0. The lowest BCUT2D eigenvalue weighted by atomic mass is 9.87. The third-order valence-electron chi connectivity index (χ3n) is 2.86. The monoisotopic (exact) mass is 290 g/mol. The van der Waals surface area contributed by atoms with Gasteiger partial charge >= 0.3 is 0 Å². The zero-order valence-corrected chi connectivity index (χ0v) is 12.9. The molecule has 0 saturated heterocycles. The molecular formula is C14H27BrO. The van der Waals surface area contributed by atoms with Crippen LogP contribution < -0.4 is 0 Å². The van der Waals surface area contributed by atoms with E-state index < -0.39 is 0 Å². The average molecular weight is 291 g/mol. The van der Waals surface area contributed by atoms with Gasteiger partial charge in [-0.3, -0.25) is 4.79 Å². The number of carbonyl (C=O) groups is 1. The third-order valence-corrected chi connectivity index (χ3v) is 3.65. The SMILES string of the molecule is CCCCCCCC(Br)CC(=O)C(C)(C)C. The van der Waals surface area contributed by atoms with Crippen molar-refractivity contribution < 1.29 is 4.79 Å². The first-order valence-corrected chi connectivity index (χ1v) is 7.47. The van der Waals surface area contributed by atoms with E-state index in [0.29, 0.717) is 17.0 Å². The first-order valence-electron chi connectivity index (χ1n) is 6.55. The van der Waals surface area contributed by atoms with Gasteiger partial charge in [0.15, 0.2) is 0 Å². The lowest BCUT2D eigenvalue weighted by Crippen LogP contribution is -2.23. The fourth-order valence-corrected chi connectivity index (χ4v) is 2.20. The van der Waals surface area contributed by atoms with Crippen LogP contribution in [0.15, 0.2) is 0 Å². The highest BCUT2D eigenvalue weighted by molar-refractivity contribution is 9.09. The zero-order valence-electron chi connectivity index (χ0n) is 11.3. The molecule has 0 rings (SSSR count). The van der Waals surface area contributed by atoms with Crippen LogP contribution in [0.5, 0.6) is 0 Å². The minimum absolute atomic E-state index is 0.186. The molecule has 0 fully saturated rings. The van der Waals surface area contributed by atoms with Crippen molar-refractivity contribution in [3.8, 4) is 0 Å². The number of hydrogen-bond acceptors (Lipinski definition) is 1. The summed E-state index contributed by atoms with van der Waals surface area (Å²) in [5, 5.41) is 0. The second kappa shape index (κ2) is 8.27. The quantitative estimate of drug-likeness (QED) is 0.448. The molecule has 0 aromatic rings. The minimum atomic E-state index is -0.186. The molecule has 0 aliphatic carbocycles. The van der Waals surface area contributed by atoms with Crippen molar-refractivity contribution in [1.29, 1.82) is 0 Å². The van der Waals surface area contributed by atoms with Crippen molar-refractivity contribution >= 4 is 21.7 Å². The van der Waals surface area contributed by atoms with Crippen LogP contribution in [0.3, 0.4) is 0 Å². The van der Waals surface area contributed by atoms with Gasteiger partial charge in [-0.05, 0) is 6.42 Å². The number of Topliss-reactive ketones (excluding diaryl/α,β-unsaturated/α-hetero) is 1. The van der Waals surface area contributed by atoms with Crippen molar-refractivity contribution in [1.82, 2.24) is 0 Å². The molecule has 1 unspecified atom stereocenters. The van der Waals surface area contributed by atoms with Gasteiger partial charge in [-0.25, -0.2) is 0 Å². The fourth-order valence-electron chi connectivity index (χ4n) is 1.58. The van der Waals surface area contributed by atoms with E-state index in [1.165, 1.54) is 32.1 Å². The summed E-state index contributed by atoms with van der Waals surface area (Å²) in [4.78, 5) is 12.2. The van der Waals surface area contributed by atoms with Gasteiger partial charge in [0.05, 0.1) is 0 Å². The molecule has 16 heavy (non-hydrogen) atoms. The maximum absolute atomic E-state index is 11.8. The highest BCUT2D eigenvalue weighted by atomic mass is 79.9. The van der Waals surface area contributed by atoms with E-state index in [4.69, 9.17) is 0 Å². The number of unbranched alkanes of at least 4 members (excludes halogenated alkanes) is 4. The number of rotatable bonds is 8. The Hall–Kier alpha value is 0.150. The first kappa shape index (κ1) is 16.1. The van der Waals surface area contributed by atoms with Crippen LogP contribution in [0.25, 0.3) is 0 Å². The maximum atomic E-state index is 11.8. The Labute approximate surface area is 110 Å². The van der Waals surface area contributed by atoms with E-state index >= 15 is 0 Å². The van der Waals surface area contributed by atoms with Gasteiger partial charge in [0, 0.05) is 16.7 Å². The molecule has 0 aliphatic heterocycles. The summed E-state index contributed by atoms with van der Waals surface area (Å²) in [6.45, 7) is 8.22. The van der Waals surface area contributed by atoms with E-state index in [2.05, 4.69) is 22.9 Å². The van der Waals surface area contributed by atoms with Gasteiger partial charge in [-0.2, -0.15) is 0 Å². The molecule has 0 saturated carbocycles. The van der Waals surface area contributed by atoms with Crippen molar-refractivity contribution in [2.75, 3.05) is 0 Å². The Morgan fingerprint density at radius 1 is 1.12 bits per heavy atom. The van der Waals surface area contributed by atoms with Gasteiger partial charge < -0.3 is 0 Å². The summed E-state index contributed by atoms with van der Waals surface area (Å²) in [6, 6.07) is 0. The van der Waals surface area contributed by atoms with E-state index in [0.717, 1.165) is 6.42 Å². The summed E-state index contributed by atoms with van der Waals surface area (Å²) < 4.78 is 0. The Kier molecular flexibility index (Phi) is 8.35. The number of hydrogen-bond donors (Lipinski definition) is 0. The van der Waals surface area contributed by atoms with Crippen LogP contribution in [-0.4, -0.2) is 10.6 Å². The predicted octanol–water partition coefficient (Wildman–Crippen LogP) is 5.12. The Morgan fingerprint density at radius 2 is 1.69 bits per heavy atom. The molecule has 0 bridgehead atoms. The van der Waals surface area contributed by atoms with Crippen molar-refractivity contribution in [3.05, 3.63) is 0 Å². The number of alkyl halides is 1. The van der Waals surface area contributed by atoms with E-state index in [1.54, 1.807) is 0 Å². The highest BCUT2D eigenvalue weighted by Crippen LogP contribution is 2.23. The zero-order chi connectivity index (χ0) is 12.6. The Bertz CT molecular complexity index is 193. The smallest absolute Gasteiger partial charge is 0.139 e. The Balaban J connectivity index is 3.59. The first-order chi connectivity index (χ1) is 7.38. The van der Waals surface area contributed by atoms with Crippen molar-refractivity contribution in [3.63, 3.8) is 0 Å². The molecule has 1 atom stereocenters. The molecule has 2 heteroatoms. The molecule has 1 nitrogen and oxygen atoms in total. The van der Waals surface area contributed by atoms with Crippen molar-refractivity contribution in [2.45, 2.75) is 77.5 Å². The molecule has 0 aromatic heterocycles. The summed E-state index contributed by atoms with van der Waals surface area (Å²) in [5.41, 5.74) is -0.186. The largest absolute Gasteiger partial charge is 0.299 e. The lowest BCUT2D eigenvalue weighted by molar-refractivity contribution is -0.126. The van der Waals surface area contributed by atoms with Crippen LogP contribution in [-0.2, 0) is 4.79 Å². The fraction of sp³-hybridized carbons (Fsp3) is 0.929. The minimum Gasteiger partial charge on any atom is -0.299 e. The molecule has 0 heterocycles. The van der Waals surface area contributed by atoms with Gasteiger partial charge in [0.2, 0.25) is 0 Å². The second-order valence-corrected chi connectivity index (χ2v) is 6.97. The van der Waals surface area contributed by atoms with Crippen LogP contribution in [0.1, 0.15) is 72.6 Å². The molecule has 0 radical (unpaired) electrons. The van der Waals surface area contributed by atoms with E-state index in [-0.39, 0.29) is 5.41 Å². The Morgan fingerprint density at radius 3 is 2.19 bits per heavy atom.